The van der Waals surface area contributed by atoms with E-state index in [0.717, 1.165) is 0 Å². The molecule has 1 aromatic rings. The molecule has 0 saturated carbocycles. The summed E-state index contributed by atoms with van der Waals surface area (Å²) >= 11 is 3.22. The van der Waals surface area contributed by atoms with Crippen LogP contribution >= 0.6 is 15.9 Å². The third-order valence-electron chi connectivity index (χ3n) is 2.67. The predicted molar refractivity (Wildman–Crippen MR) is 65.2 cm³/mol. The second-order valence-electron chi connectivity index (χ2n) is 3.85. The highest BCUT2D eigenvalue weighted by atomic mass is 79.9. The monoisotopic (exact) mass is 314 g/mol. The Bertz CT molecular complexity index is 480. The van der Waals surface area contributed by atoms with Gasteiger partial charge in [-0.2, -0.15) is 0 Å². The van der Waals surface area contributed by atoms with E-state index in [1.807, 2.05) is 0 Å². The molecule has 2 atom stereocenters. The molecule has 96 valence electrons. The maximum absolute atomic E-state index is 12.0. The van der Waals surface area contributed by atoms with E-state index < -0.39 is 18.1 Å². The molecule has 0 unspecified atom stereocenters. The first-order valence-electron chi connectivity index (χ1n) is 5.34. The highest BCUT2D eigenvalue weighted by Crippen LogP contribution is 2.17. The number of nitrogens with one attached hydrogen (secondary N) is 1. The molecular formula is C11H11BrN2O4. The lowest BCUT2D eigenvalue weighted by molar-refractivity contribution is -0.148. The molecule has 0 radical (unpaired) electrons. The normalized spacial score (nSPS) is 22.7. The first-order valence-corrected chi connectivity index (χ1v) is 6.13. The van der Waals surface area contributed by atoms with Crippen molar-refractivity contribution in [2.75, 3.05) is 6.61 Å². The van der Waals surface area contributed by atoms with E-state index in [-0.39, 0.29) is 5.91 Å². The van der Waals surface area contributed by atoms with Crippen molar-refractivity contribution >= 4 is 27.8 Å². The first kappa shape index (κ1) is 13.0. The molecular weight excluding hydrogens is 304 g/mol. The molecule has 0 aromatic carbocycles. The number of rotatable bonds is 3. The molecule has 2 heterocycles. The van der Waals surface area contributed by atoms with Gasteiger partial charge in [0.25, 0.3) is 5.91 Å². The fourth-order valence-electron chi connectivity index (χ4n) is 1.79. The summed E-state index contributed by atoms with van der Waals surface area (Å²) in [6.07, 6.45) is 2.52. The van der Waals surface area contributed by atoms with Crippen LogP contribution in [0.3, 0.4) is 0 Å². The van der Waals surface area contributed by atoms with Crippen LogP contribution in [0, 0.1) is 0 Å². The number of hydrogen-bond donors (Lipinski definition) is 2. The Morgan fingerprint density at radius 3 is 3.00 bits per heavy atom. The van der Waals surface area contributed by atoms with Crippen molar-refractivity contribution in [1.82, 2.24) is 10.3 Å². The van der Waals surface area contributed by atoms with Crippen molar-refractivity contribution in [1.29, 1.82) is 0 Å². The molecule has 1 amide bonds. The van der Waals surface area contributed by atoms with Crippen LogP contribution in [0.5, 0.6) is 0 Å². The molecule has 0 aliphatic carbocycles. The Morgan fingerprint density at radius 2 is 2.33 bits per heavy atom. The van der Waals surface area contributed by atoms with Crippen molar-refractivity contribution in [2.45, 2.75) is 18.6 Å². The lowest BCUT2D eigenvalue weighted by atomic mass is 10.1. The number of nitrogens with zero attached hydrogens (tertiary/aromatic N) is 1. The summed E-state index contributed by atoms with van der Waals surface area (Å²) in [5.74, 6) is -1.40. The zero-order valence-corrected chi connectivity index (χ0v) is 10.9. The van der Waals surface area contributed by atoms with Crippen molar-refractivity contribution in [2.24, 2.45) is 0 Å². The standard InChI is InChI=1S/C11H11BrN2O4/c12-7-5-13-3-1-6(7)10(15)14-8-2-4-18-9(8)11(16)17/h1,3,5,8-9H,2,4H2,(H,14,15)(H,16,17)/t8-,9+/m0/s1. The number of aromatic nitrogens is 1. The molecule has 1 aliphatic rings. The Labute approximate surface area is 111 Å². The number of amides is 1. The topological polar surface area (TPSA) is 88.5 Å². The van der Waals surface area contributed by atoms with Gasteiger partial charge in [0.05, 0.1) is 11.6 Å². The number of aliphatic carboxylic acids is 1. The van der Waals surface area contributed by atoms with Gasteiger partial charge in [-0.15, -0.1) is 0 Å². The van der Waals surface area contributed by atoms with Crippen LogP contribution in [0.15, 0.2) is 22.9 Å². The minimum absolute atomic E-state index is 0.333. The first-order chi connectivity index (χ1) is 8.59. The van der Waals surface area contributed by atoms with Crippen LogP contribution in [0.4, 0.5) is 0 Å². The van der Waals surface area contributed by atoms with Gasteiger partial charge in [0, 0.05) is 23.5 Å². The van der Waals surface area contributed by atoms with Gasteiger partial charge < -0.3 is 15.2 Å². The molecule has 1 aromatic heterocycles. The highest BCUT2D eigenvalue weighted by molar-refractivity contribution is 9.10. The SMILES string of the molecule is O=C(N[C@H]1CCO[C@H]1C(=O)O)c1ccncc1Br. The maximum atomic E-state index is 12.0. The van der Waals surface area contributed by atoms with Crippen molar-refractivity contribution in [3.63, 3.8) is 0 Å². The van der Waals surface area contributed by atoms with E-state index in [0.29, 0.717) is 23.1 Å². The third-order valence-corrected chi connectivity index (χ3v) is 3.30. The molecule has 18 heavy (non-hydrogen) atoms. The van der Waals surface area contributed by atoms with E-state index in [9.17, 15) is 9.59 Å². The fourth-order valence-corrected chi connectivity index (χ4v) is 2.22. The zero-order chi connectivity index (χ0) is 13.1. The summed E-state index contributed by atoms with van der Waals surface area (Å²) in [6, 6.07) is 1.06. The van der Waals surface area contributed by atoms with Gasteiger partial charge in [-0.1, -0.05) is 0 Å². The molecule has 7 heteroatoms. The van der Waals surface area contributed by atoms with E-state index in [2.05, 4.69) is 26.2 Å². The molecule has 2 rings (SSSR count). The van der Waals surface area contributed by atoms with Crippen LogP contribution in [-0.2, 0) is 9.53 Å². The number of carbonyl (C=O) groups excluding carboxylic acids is 1. The Balaban J connectivity index is 2.08. The van der Waals surface area contributed by atoms with E-state index in [1.165, 1.54) is 12.4 Å². The van der Waals surface area contributed by atoms with Crippen LogP contribution in [-0.4, -0.2) is 40.7 Å². The molecule has 1 fully saturated rings. The summed E-state index contributed by atoms with van der Waals surface area (Å²) in [5, 5.41) is 11.6. The van der Waals surface area contributed by atoms with Crippen LogP contribution in [0.2, 0.25) is 0 Å². The number of hydrogen-bond acceptors (Lipinski definition) is 4. The summed E-state index contributed by atoms with van der Waals surface area (Å²) in [4.78, 5) is 26.7. The average Bonchev–Trinajstić information content (AvgIpc) is 2.77. The second kappa shape index (κ2) is 5.45. The molecule has 1 aliphatic heterocycles. The highest BCUT2D eigenvalue weighted by Gasteiger charge is 2.35. The zero-order valence-electron chi connectivity index (χ0n) is 9.30. The van der Waals surface area contributed by atoms with Crippen LogP contribution in [0.1, 0.15) is 16.8 Å². The van der Waals surface area contributed by atoms with Crippen LogP contribution < -0.4 is 5.32 Å². The Kier molecular flexibility index (Phi) is 3.93. The number of halogens is 1. The third kappa shape index (κ3) is 2.68. The lowest BCUT2D eigenvalue weighted by Gasteiger charge is -2.16. The summed E-state index contributed by atoms with van der Waals surface area (Å²) in [5.41, 5.74) is 0.418. The summed E-state index contributed by atoms with van der Waals surface area (Å²) < 4.78 is 5.62. The predicted octanol–water partition coefficient (Wildman–Crippen LogP) is 0.816. The van der Waals surface area contributed by atoms with Crippen LogP contribution in [0.25, 0.3) is 0 Å². The van der Waals surface area contributed by atoms with Gasteiger partial charge in [0.15, 0.2) is 6.10 Å². The number of carboxylic acid groups (broad SMARTS) is 1. The largest absolute Gasteiger partial charge is 0.479 e. The average molecular weight is 315 g/mol. The van der Waals surface area contributed by atoms with Gasteiger partial charge >= 0.3 is 5.97 Å². The second-order valence-corrected chi connectivity index (χ2v) is 4.71. The van der Waals surface area contributed by atoms with Gasteiger partial charge in [0.1, 0.15) is 0 Å². The van der Waals surface area contributed by atoms with Gasteiger partial charge in [0.2, 0.25) is 0 Å². The van der Waals surface area contributed by atoms with Crippen molar-refractivity contribution in [3.05, 3.63) is 28.5 Å². The van der Waals surface area contributed by atoms with Gasteiger partial charge in [-0.3, -0.25) is 9.78 Å². The van der Waals surface area contributed by atoms with Crippen molar-refractivity contribution < 1.29 is 19.4 Å². The molecule has 0 spiro atoms. The fraction of sp³-hybridized carbons (Fsp3) is 0.364. The number of carboxylic acids is 1. The summed E-state index contributed by atoms with van der Waals surface area (Å²) in [6.45, 7) is 0.333. The van der Waals surface area contributed by atoms with Gasteiger partial charge in [-0.25, -0.2) is 4.79 Å². The quantitative estimate of drug-likeness (QED) is 0.862. The van der Waals surface area contributed by atoms with E-state index in [4.69, 9.17) is 9.84 Å². The minimum Gasteiger partial charge on any atom is -0.479 e. The smallest absolute Gasteiger partial charge is 0.334 e. The van der Waals surface area contributed by atoms with Crippen molar-refractivity contribution in [3.8, 4) is 0 Å². The molecule has 6 nitrogen and oxygen atoms in total. The maximum Gasteiger partial charge on any atom is 0.334 e. The lowest BCUT2D eigenvalue weighted by Crippen LogP contribution is -2.44. The molecule has 1 saturated heterocycles. The van der Waals surface area contributed by atoms with Gasteiger partial charge in [-0.05, 0) is 28.4 Å². The molecule has 2 N–H and O–H groups in total. The number of carbonyl (C=O) groups is 2. The van der Waals surface area contributed by atoms with E-state index >= 15 is 0 Å². The molecule has 0 bridgehead atoms. The summed E-state index contributed by atoms with van der Waals surface area (Å²) in [7, 11) is 0. The number of pyridine rings is 1. The van der Waals surface area contributed by atoms with E-state index in [1.54, 1.807) is 6.07 Å². The minimum atomic E-state index is -1.06. The Morgan fingerprint density at radius 1 is 1.56 bits per heavy atom. The number of ether oxygens (including phenoxy) is 1. The Hall–Kier alpha value is -1.47.